The lowest BCUT2D eigenvalue weighted by Gasteiger charge is -2.20. The van der Waals surface area contributed by atoms with Crippen molar-refractivity contribution in [1.29, 1.82) is 0 Å². The molecule has 1 rings (SSSR count). The van der Waals surface area contributed by atoms with Crippen molar-refractivity contribution in [2.75, 3.05) is 7.05 Å². The van der Waals surface area contributed by atoms with Crippen molar-refractivity contribution < 1.29 is 9.53 Å². The number of alkyl carbamates (subject to hydrolysis) is 1. The first-order valence-corrected chi connectivity index (χ1v) is 7.45. The fourth-order valence-electron chi connectivity index (χ4n) is 1.77. The largest absolute Gasteiger partial charge is 0.444 e. The van der Waals surface area contributed by atoms with E-state index in [9.17, 15) is 4.79 Å². The molecule has 7 heteroatoms. The van der Waals surface area contributed by atoms with Gasteiger partial charge < -0.3 is 4.74 Å². The molecule has 7 nitrogen and oxygen atoms in total. The highest BCUT2D eigenvalue weighted by Crippen LogP contribution is 2.18. The van der Waals surface area contributed by atoms with Crippen LogP contribution in [0.3, 0.4) is 0 Å². The van der Waals surface area contributed by atoms with Gasteiger partial charge in [0.05, 0.1) is 5.70 Å². The van der Waals surface area contributed by atoms with E-state index < -0.39 is 11.7 Å². The lowest BCUT2D eigenvalue weighted by Crippen LogP contribution is -2.35. The minimum atomic E-state index is -0.594. The van der Waals surface area contributed by atoms with Crippen molar-refractivity contribution in [2.45, 2.75) is 40.2 Å². The lowest BCUT2D eigenvalue weighted by molar-refractivity contribution is 0.0563. The zero-order valence-electron chi connectivity index (χ0n) is 15.2. The zero-order chi connectivity index (χ0) is 18.5. The first kappa shape index (κ1) is 19.3. The second-order valence-corrected chi connectivity index (χ2v) is 6.32. The van der Waals surface area contributed by atoms with Crippen LogP contribution in [-0.4, -0.2) is 39.3 Å². The molecule has 130 valence electrons. The molecule has 0 aliphatic carbocycles. The number of nitrogens with one attached hydrogen (secondary N) is 1. The molecule has 0 radical (unpaired) electrons. The highest BCUT2D eigenvalue weighted by molar-refractivity contribution is 6.06. The number of aliphatic imine (C=N–C) groups is 1. The van der Waals surface area contributed by atoms with Gasteiger partial charge >= 0.3 is 6.09 Å². The van der Waals surface area contributed by atoms with E-state index >= 15 is 0 Å². The number of amides is 1. The van der Waals surface area contributed by atoms with Crippen LogP contribution in [0.2, 0.25) is 0 Å². The molecule has 0 aliphatic rings. The Bertz CT molecular complexity index is 705. The molecule has 0 atom stereocenters. The summed E-state index contributed by atoms with van der Waals surface area (Å²) in [6, 6.07) is 0. The van der Waals surface area contributed by atoms with Crippen molar-refractivity contribution in [2.24, 2.45) is 4.99 Å². The summed E-state index contributed by atoms with van der Waals surface area (Å²) in [7, 11) is 1.57. The van der Waals surface area contributed by atoms with E-state index in [0.717, 1.165) is 11.1 Å². The minimum absolute atomic E-state index is 0.324. The Hall–Kier alpha value is -2.70. The van der Waals surface area contributed by atoms with Gasteiger partial charge in [-0.3, -0.25) is 10.3 Å². The molecule has 0 aliphatic heterocycles. The molecule has 1 N–H and O–H groups in total. The lowest BCUT2D eigenvalue weighted by atomic mass is 10.2. The van der Waals surface area contributed by atoms with Gasteiger partial charge in [-0.1, -0.05) is 13.2 Å². The van der Waals surface area contributed by atoms with Crippen LogP contribution in [0.15, 0.2) is 36.1 Å². The fourth-order valence-corrected chi connectivity index (χ4v) is 1.77. The normalized spacial score (nSPS) is 12.8. The van der Waals surface area contributed by atoms with E-state index in [4.69, 9.17) is 4.74 Å². The molecule has 24 heavy (non-hydrogen) atoms. The van der Waals surface area contributed by atoms with E-state index in [0.29, 0.717) is 17.4 Å². The highest BCUT2D eigenvalue weighted by atomic mass is 16.6. The molecule has 1 heterocycles. The summed E-state index contributed by atoms with van der Waals surface area (Å²) in [6.07, 6.45) is 2.51. The topological polar surface area (TPSA) is 81.4 Å². The van der Waals surface area contributed by atoms with Gasteiger partial charge in [0, 0.05) is 13.1 Å². The number of nitrogens with zero attached hydrogens (tertiary/aromatic N) is 4. The number of rotatable bonds is 4. The van der Waals surface area contributed by atoms with E-state index in [-0.39, 0.29) is 0 Å². The number of carbonyl (C=O) groups is 1. The summed E-state index contributed by atoms with van der Waals surface area (Å²) in [5.41, 5.74) is 1.54. The Kier molecular flexibility index (Phi) is 6.22. The van der Waals surface area contributed by atoms with Crippen LogP contribution >= 0.6 is 0 Å². The summed E-state index contributed by atoms with van der Waals surface area (Å²) in [6.45, 7) is 16.9. The third-order valence-electron chi connectivity index (χ3n) is 2.74. The molecule has 0 saturated heterocycles. The Morgan fingerprint density at radius 2 is 2.00 bits per heavy atom. The van der Waals surface area contributed by atoms with Crippen LogP contribution in [0.25, 0.3) is 11.3 Å². The predicted molar refractivity (Wildman–Crippen MR) is 96.5 cm³/mol. The van der Waals surface area contributed by atoms with Crippen molar-refractivity contribution in [3.05, 3.63) is 37.0 Å². The van der Waals surface area contributed by atoms with Crippen LogP contribution in [0.1, 0.15) is 40.4 Å². The molecule has 1 aromatic rings. The second-order valence-electron chi connectivity index (χ2n) is 6.32. The van der Waals surface area contributed by atoms with Gasteiger partial charge in [0.2, 0.25) is 0 Å². The SMILES string of the molecule is C=C(C)/C(=C\C(=NC)NC(=O)OC(C)(C)C)n1ncnc1C(=C)C. The van der Waals surface area contributed by atoms with Gasteiger partial charge in [-0.25, -0.2) is 14.5 Å². The Morgan fingerprint density at radius 1 is 1.38 bits per heavy atom. The van der Waals surface area contributed by atoms with Crippen LogP contribution in [-0.2, 0) is 4.74 Å². The van der Waals surface area contributed by atoms with Crippen LogP contribution in [0.4, 0.5) is 4.79 Å². The smallest absolute Gasteiger partial charge is 0.413 e. The number of aromatic nitrogens is 3. The van der Waals surface area contributed by atoms with Gasteiger partial charge in [-0.15, -0.1) is 0 Å². The maximum absolute atomic E-state index is 11.9. The summed E-state index contributed by atoms with van der Waals surface area (Å²) in [5.74, 6) is 0.933. The van der Waals surface area contributed by atoms with E-state index in [2.05, 4.69) is 33.5 Å². The standard InChI is InChI=1S/C17H25N5O2/c1-11(2)13(22-15(12(3)4)19-10-20-22)9-14(18-8)21-16(23)24-17(5,6)7/h9-10H,1,3H2,2,4-8H3,(H,18,21,23)/b13-9+. The number of hydrogen-bond donors (Lipinski definition) is 1. The van der Waals surface area contributed by atoms with Crippen LogP contribution < -0.4 is 5.32 Å². The van der Waals surface area contributed by atoms with Crippen LogP contribution in [0, 0.1) is 0 Å². The van der Waals surface area contributed by atoms with Gasteiger partial charge in [-0.05, 0) is 45.8 Å². The summed E-state index contributed by atoms with van der Waals surface area (Å²) in [5, 5.41) is 6.81. The average Bonchev–Trinajstić information content (AvgIpc) is 2.89. The first-order chi connectivity index (χ1) is 11.0. The third kappa shape index (κ3) is 5.49. The van der Waals surface area contributed by atoms with Gasteiger partial charge in [-0.2, -0.15) is 5.10 Å². The molecule has 1 amide bonds. The number of allylic oxidation sites excluding steroid dienone is 3. The second kappa shape index (κ2) is 7.72. The molecule has 0 bridgehead atoms. The molecule has 0 saturated carbocycles. The average molecular weight is 331 g/mol. The predicted octanol–water partition coefficient (Wildman–Crippen LogP) is 3.28. The number of amidine groups is 1. The minimum Gasteiger partial charge on any atom is -0.444 e. The van der Waals surface area contributed by atoms with Crippen molar-refractivity contribution in [3.63, 3.8) is 0 Å². The quantitative estimate of drug-likeness (QED) is 0.521. The number of hydrogen-bond acceptors (Lipinski definition) is 5. The zero-order valence-corrected chi connectivity index (χ0v) is 15.2. The summed E-state index contributed by atoms with van der Waals surface area (Å²) < 4.78 is 6.84. The van der Waals surface area contributed by atoms with Crippen molar-refractivity contribution in [1.82, 2.24) is 20.1 Å². The van der Waals surface area contributed by atoms with E-state index in [1.165, 1.54) is 6.33 Å². The Balaban J connectivity index is 3.14. The molecule has 0 unspecified atom stereocenters. The molecule has 0 spiro atoms. The Morgan fingerprint density at radius 3 is 2.46 bits per heavy atom. The number of carbonyl (C=O) groups excluding carboxylic acids is 1. The summed E-state index contributed by atoms with van der Waals surface area (Å²) in [4.78, 5) is 20.2. The van der Waals surface area contributed by atoms with Crippen molar-refractivity contribution in [3.8, 4) is 0 Å². The van der Waals surface area contributed by atoms with Crippen LogP contribution in [0.5, 0.6) is 0 Å². The highest BCUT2D eigenvalue weighted by Gasteiger charge is 2.18. The Labute approximate surface area is 142 Å². The van der Waals surface area contributed by atoms with E-state index in [1.807, 2.05) is 13.8 Å². The molecule has 1 aromatic heterocycles. The first-order valence-electron chi connectivity index (χ1n) is 7.45. The number of ether oxygens (including phenoxy) is 1. The third-order valence-corrected chi connectivity index (χ3v) is 2.74. The molecular formula is C17H25N5O2. The maximum Gasteiger partial charge on any atom is 0.413 e. The monoisotopic (exact) mass is 331 g/mol. The van der Waals surface area contributed by atoms with Gasteiger partial charge in [0.25, 0.3) is 0 Å². The van der Waals surface area contributed by atoms with E-state index in [1.54, 1.807) is 38.6 Å². The molecule has 0 aromatic carbocycles. The van der Waals surface area contributed by atoms with Gasteiger partial charge in [0.15, 0.2) is 5.82 Å². The maximum atomic E-state index is 11.9. The summed E-state index contributed by atoms with van der Waals surface area (Å²) >= 11 is 0. The van der Waals surface area contributed by atoms with Gasteiger partial charge in [0.1, 0.15) is 17.8 Å². The fraction of sp³-hybridized carbons (Fsp3) is 0.412. The molecule has 0 fully saturated rings. The van der Waals surface area contributed by atoms with Crippen molar-refractivity contribution >= 4 is 23.2 Å². The molecular weight excluding hydrogens is 306 g/mol.